The minimum Gasteiger partial charge on any atom is -0.496 e. The number of ether oxygens (including phenoxy) is 2. The van der Waals surface area contributed by atoms with Gasteiger partial charge in [-0.2, -0.15) is 0 Å². The molecule has 0 saturated carbocycles. The van der Waals surface area contributed by atoms with Gasteiger partial charge in [0.1, 0.15) is 17.5 Å². The number of nitrogens with one attached hydrogen (secondary N) is 1. The second kappa shape index (κ2) is 10.7. The normalized spacial score (nSPS) is 13.4. The number of amides is 1. The number of carbonyl (C=O) groups is 1. The number of hydrogen-bond donors (Lipinski definition) is 1. The summed E-state index contributed by atoms with van der Waals surface area (Å²) in [6.07, 6.45) is 1.04. The molecule has 0 spiro atoms. The third kappa shape index (κ3) is 6.12. The Hall–Kier alpha value is -2.45. The van der Waals surface area contributed by atoms with Gasteiger partial charge in [-0.15, -0.1) is 0 Å². The van der Waals surface area contributed by atoms with Crippen molar-refractivity contribution < 1.29 is 22.7 Å². The summed E-state index contributed by atoms with van der Waals surface area (Å²) in [6.45, 7) is 9.50. The molecule has 0 aliphatic heterocycles. The quantitative estimate of drug-likeness (QED) is 0.538. The zero-order valence-corrected chi connectivity index (χ0v) is 22.0. The molecule has 7 nitrogen and oxygen atoms in total. The van der Waals surface area contributed by atoms with E-state index in [1.165, 1.54) is 20.1 Å². The number of benzene rings is 2. The van der Waals surface area contributed by atoms with Gasteiger partial charge in [0, 0.05) is 5.02 Å². The van der Waals surface area contributed by atoms with Crippen molar-refractivity contribution >= 4 is 33.2 Å². The van der Waals surface area contributed by atoms with Crippen LogP contribution in [0.25, 0.3) is 0 Å². The second-order valence-corrected chi connectivity index (χ2v) is 10.7. The zero-order valence-electron chi connectivity index (χ0n) is 20.4. The van der Waals surface area contributed by atoms with Crippen molar-refractivity contribution in [3.8, 4) is 11.5 Å². The molecule has 1 N–H and O–H groups in total. The molecule has 0 aliphatic rings. The monoisotopic (exact) mass is 496 g/mol. The second-order valence-electron chi connectivity index (χ2n) is 8.39. The molecule has 0 bridgehead atoms. The number of anilines is 1. The third-order valence-corrected chi connectivity index (χ3v) is 7.00. The van der Waals surface area contributed by atoms with E-state index in [-0.39, 0.29) is 17.6 Å². The van der Waals surface area contributed by atoms with Gasteiger partial charge in [0.15, 0.2) is 0 Å². The average molecular weight is 497 g/mol. The summed E-state index contributed by atoms with van der Waals surface area (Å²) in [7, 11) is -0.764. The van der Waals surface area contributed by atoms with Crippen LogP contribution in [-0.4, -0.2) is 40.8 Å². The summed E-state index contributed by atoms with van der Waals surface area (Å²) in [4.78, 5) is 13.2. The van der Waals surface area contributed by atoms with Crippen LogP contribution in [0.4, 0.5) is 5.69 Å². The highest BCUT2D eigenvalue weighted by Gasteiger charge is 2.32. The zero-order chi connectivity index (χ0) is 25.1. The molecule has 2 rings (SSSR count). The van der Waals surface area contributed by atoms with Crippen molar-refractivity contribution in [1.82, 2.24) is 5.32 Å². The summed E-state index contributed by atoms with van der Waals surface area (Å²) in [6, 6.07) is 7.22. The lowest BCUT2D eigenvalue weighted by Crippen LogP contribution is -2.48. The maximum atomic E-state index is 13.2. The number of rotatable bonds is 9. The molecule has 0 heterocycles. The molecule has 0 unspecified atom stereocenters. The molecule has 0 fully saturated rings. The molecule has 0 saturated heterocycles. The fraction of sp³-hybridized carbons (Fsp3) is 0.458. The van der Waals surface area contributed by atoms with Crippen LogP contribution in [0.15, 0.2) is 30.3 Å². The van der Waals surface area contributed by atoms with E-state index in [1.54, 1.807) is 19.2 Å². The highest BCUT2D eigenvalue weighted by Crippen LogP contribution is 2.35. The molecule has 2 atom stereocenters. The van der Waals surface area contributed by atoms with Gasteiger partial charge in [-0.25, -0.2) is 8.42 Å². The Labute approximate surface area is 202 Å². The van der Waals surface area contributed by atoms with Gasteiger partial charge in [-0.3, -0.25) is 9.10 Å². The number of nitrogens with zero attached hydrogens (tertiary/aromatic N) is 1. The Morgan fingerprint density at radius 3 is 2.12 bits per heavy atom. The molecule has 2 aromatic rings. The maximum Gasteiger partial charge on any atom is 0.244 e. The first-order chi connectivity index (χ1) is 15.3. The van der Waals surface area contributed by atoms with E-state index in [4.69, 9.17) is 21.1 Å². The predicted octanol–water partition coefficient (Wildman–Crippen LogP) is 4.82. The van der Waals surface area contributed by atoms with Gasteiger partial charge in [0.25, 0.3) is 0 Å². The molecule has 1 amide bonds. The number of halogens is 1. The molecule has 33 heavy (non-hydrogen) atoms. The molecular formula is C24H33ClN2O5S. The third-order valence-electron chi connectivity index (χ3n) is 5.53. The van der Waals surface area contributed by atoms with Crippen LogP contribution in [0.3, 0.4) is 0 Å². The van der Waals surface area contributed by atoms with E-state index in [2.05, 4.69) is 19.2 Å². The van der Waals surface area contributed by atoms with Crippen molar-refractivity contribution in [2.24, 2.45) is 0 Å². The SMILES string of the molecule is COc1cc(C)c([C@@H](C)NC(=O)[C@@H](C)N(c2cc(Cl)ccc2OC)S(C)(=O)=O)cc1C(C)C. The van der Waals surface area contributed by atoms with Crippen molar-refractivity contribution in [2.45, 2.75) is 52.6 Å². The van der Waals surface area contributed by atoms with Crippen molar-refractivity contribution in [2.75, 3.05) is 24.8 Å². The lowest BCUT2D eigenvalue weighted by molar-refractivity contribution is -0.122. The van der Waals surface area contributed by atoms with E-state index in [9.17, 15) is 13.2 Å². The largest absolute Gasteiger partial charge is 0.496 e. The average Bonchev–Trinajstić information content (AvgIpc) is 2.72. The van der Waals surface area contributed by atoms with Crippen LogP contribution >= 0.6 is 11.6 Å². The molecule has 9 heteroatoms. The number of aryl methyl sites for hydroxylation is 1. The molecule has 182 valence electrons. The topological polar surface area (TPSA) is 84.9 Å². The first kappa shape index (κ1) is 26.8. The Morgan fingerprint density at radius 2 is 1.61 bits per heavy atom. The number of sulfonamides is 1. The van der Waals surface area contributed by atoms with Gasteiger partial charge in [-0.1, -0.05) is 25.4 Å². The van der Waals surface area contributed by atoms with Gasteiger partial charge < -0.3 is 14.8 Å². The summed E-state index contributed by atoms with van der Waals surface area (Å²) in [5.41, 5.74) is 3.14. The van der Waals surface area contributed by atoms with Crippen molar-refractivity contribution in [3.05, 3.63) is 52.0 Å². The van der Waals surface area contributed by atoms with Gasteiger partial charge in [-0.05, 0) is 73.7 Å². The van der Waals surface area contributed by atoms with E-state index in [0.717, 1.165) is 33.0 Å². The van der Waals surface area contributed by atoms with E-state index < -0.39 is 22.0 Å². The van der Waals surface area contributed by atoms with Crippen molar-refractivity contribution in [3.63, 3.8) is 0 Å². The van der Waals surface area contributed by atoms with Crippen LogP contribution in [0.1, 0.15) is 56.3 Å². The smallest absolute Gasteiger partial charge is 0.244 e. The minimum absolute atomic E-state index is 0.200. The molecule has 2 aromatic carbocycles. The van der Waals surface area contributed by atoms with Crippen LogP contribution in [-0.2, 0) is 14.8 Å². The van der Waals surface area contributed by atoms with Crippen LogP contribution in [0.5, 0.6) is 11.5 Å². The molecule has 0 aromatic heterocycles. The van der Waals surface area contributed by atoms with E-state index >= 15 is 0 Å². The highest BCUT2D eigenvalue weighted by atomic mass is 35.5. The lowest BCUT2D eigenvalue weighted by Gasteiger charge is -2.30. The fourth-order valence-corrected chi connectivity index (χ4v) is 5.17. The first-order valence-electron chi connectivity index (χ1n) is 10.6. The fourth-order valence-electron chi connectivity index (χ4n) is 3.84. The maximum absolute atomic E-state index is 13.2. The summed E-state index contributed by atoms with van der Waals surface area (Å²) < 4.78 is 37.2. The number of hydrogen-bond acceptors (Lipinski definition) is 5. The Morgan fingerprint density at radius 1 is 1.00 bits per heavy atom. The standard InChI is InChI=1S/C24H33ClN2O5S/c1-14(2)19-13-20(15(3)11-23(19)32-7)16(4)26-24(28)17(5)27(33(8,29)30)21-12-18(25)9-10-22(21)31-6/h9-14,16-17H,1-8H3,(H,26,28)/t16-,17-/m1/s1. The number of methoxy groups -OCH3 is 2. The van der Waals surface area contributed by atoms with Crippen LogP contribution in [0, 0.1) is 6.92 Å². The predicted molar refractivity (Wildman–Crippen MR) is 133 cm³/mol. The van der Waals surface area contributed by atoms with Gasteiger partial charge in [0.05, 0.1) is 32.2 Å². The van der Waals surface area contributed by atoms with Crippen molar-refractivity contribution in [1.29, 1.82) is 0 Å². The molecule has 0 aliphatic carbocycles. The molecular weight excluding hydrogens is 464 g/mol. The minimum atomic E-state index is -3.83. The Balaban J connectivity index is 2.41. The summed E-state index contributed by atoms with van der Waals surface area (Å²) in [5.74, 6) is 0.882. The van der Waals surface area contributed by atoms with Gasteiger partial charge in [0.2, 0.25) is 15.9 Å². The lowest BCUT2D eigenvalue weighted by atomic mass is 9.93. The van der Waals surface area contributed by atoms with Crippen LogP contribution in [0.2, 0.25) is 5.02 Å². The van der Waals surface area contributed by atoms with Crippen LogP contribution < -0.4 is 19.1 Å². The Bertz CT molecular complexity index is 1120. The van der Waals surface area contributed by atoms with Gasteiger partial charge >= 0.3 is 0 Å². The van der Waals surface area contributed by atoms with E-state index in [0.29, 0.717) is 10.8 Å². The Kier molecular flexibility index (Phi) is 8.65. The first-order valence-corrected chi connectivity index (χ1v) is 12.9. The van der Waals surface area contributed by atoms with E-state index in [1.807, 2.05) is 26.0 Å². The number of carbonyl (C=O) groups excluding carboxylic acids is 1. The highest BCUT2D eigenvalue weighted by molar-refractivity contribution is 7.92. The summed E-state index contributed by atoms with van der Waals surface area (Å²) in [5, 5.41) is 3.28. The summed E-state index contributed by atoms with van der Waals surface area (Å²) >= 11 is 6.11. The molecule has 0 radical (unpaired) electrons.